The molecule has 1 aliphatic rings. The van der Waals surface area contributed by atoms with Gasteiger partial charge in [0.05, 0.1) is 11.0 Å². The summed E-state index contributed by atoms with van der Waals surface area (Å²) in [6.07, 6.45) is 4.31. The molecule has 1 atom stereocenters. The van der Waals surface area contributed by atoms with Crippen molar-refractivity contribution in [3.8, 4) is 0 Å². The summed E-state index contributed by atoms with van der Waals surface area (Å²) in [7, 11) is 0. The molecule has 28 heavy (non-hydrogen) atoms. The maximum atomic E-state index is 9.59. The van der Waals surface area contributed by atoms with Crippen molar-refractivity contribution in [2.45, 2.75) is 32.5 Å². The van der Waals surface area contributed by atoms with E-state index >= 15 is 0 Å². The average Bonchev–Trinajstić information content (AvgIpc) is 2.72. The largest absolute Gasteiger partial charge is 0.396 e. The first-order valence-electron chi connectivity index (χ1n) is 10.0. The van der Waals surface area contributed by atoms with Crippen molar-refractivity contribution in [3.63, 3.8) is 0 Å². The van der Waals surface area contributed by atoms with E-state index in [1.807, 2.05) is 6.07 Å². The van der Waals surface area contributed by atoms with E-state index in [2.05, 4.69) is 63.1 Å². The lowest BCUT2D eigenvalue weighted by molar-refractivity contribution is 0.0501. The Bertz CT molecular complexity index is 907. The van der Waals surface area contributed by atoms with E-state index in [-0.39, 0.29) is 6.61 Å². The minimum absolute atomic E-state index is 0.225. The molecule has 2 heterocycles. The summed E-state index contributed by atoms with van der Waals surface area (Å²) in [4.78, 5) is 14.0. The summed E-state index contributed by atoms with van der Waals surface area (Å²) in [6, 6.07) is 15.4. The van der Waals surface area contributed by atoms with Gasteiger partial charge >= 0.3 is 0 Å². The van der Waals surface area contributed by atoms with Gasteiger partial charge in [-0.3, -0.25) is 19.8 Å². The third kappa shape index (κ3) is 4.38. The van der Waals surface area contributed by atoms with E-state index in [9.17, 15) is 5.11 Å². The number of aromatic nitrogens is 2. The van der Waals surface area contributed by atoms with Crippen molar-refractivity contribution in [1.82, 2.24) is 19.8 Å². The molecule has 146 valence electrons. The molecule has 0 aliphatic carbocycles. The van der Waals surface area contributed by atoms with Crippen LogP contribution >= 0.6 is 0 Å². The third-order valence-corrected chi connectivity index (χ3v) is 5.63. The second-order valence-corrected chi connectivity index (χ2v) is 7.70. The number of aliphatic hydroxyl groups excluding tert-OH is 1. The molecule has 0 spiro atoms. The van der Waals surface area contributed by atoms with E-state index in [1.165, 1.54) is 16.7 Å². The van der Waals surface area contributed by atoms with Crippen LogP contribution in [-0.2, 0) is 13.1 Å². The van der Waals surface area contributed by atoms with Crippen molar-refractivity contribution in [2.75, 3.05) is 26.2 Å². The summed E-state index contributed by atoms with van der Waals surface area (Å²) in [6.45, 7) is 7.15. The van der Waals surface area contributed by atoms with Crippen LogP contribution in [0.2, 0.25) is 0 Å². The summed E-state index contributed by atoms with van der Waals surface area (Å²) < 4.78 is 0. The number of aryl methyl sites for hydroxylation is 1. The molecule has 0 radical (unpaired) electrons. The van der Waals surface area contributed by atoms with Gasteiger partial charge in [0, 0.05) is 57.8 Å². The van der Waals surface area contributed by atoms with Crippen molar-refractivity contribution in [1.29, 1.82) is 0 Å². The first kappa shape index (κ1) is 19.0. The van der Waals surface area contributed by atoms with Crippen LogP contribution in [0.3, 0.4) is 0 Å². The molecule has 1 saturated heterocycles. The van der Waals surface area contributed by atoms with Crippen molar-refractivity contribution < 1.29 is 5.11 Å². The van der Waals surface area contributed by atoms with Crippen LogP contribution in [-0.4, -0.2) is 57.2 Å². The standard InChI is InChI=1S/C23H28N4O/c1-18-5-7-19(8-6-18)15-27-13-12-26(17-21(27)9-14-28)16-20-3-2-4-22-23(20)25-11-10-24-22/h2-8,10-11,21,28H,9,12-17H2,1H3/t21-/m1/s1. The highest BCUT2D eigenvalue weighted by atomic mass is 16.3. The summed E-state index contributed by atoms with van der Waals surface area (Å²) in [5.74, 6) is 0. The molecule has 1 fully saturated rings. The maximum absolute atomic E-state index is 9.59. The van der Waals surface area contributed by atoms with E-state index < -0.39 is 0 Å². The van der Waals surface area contributed by atoms with Gasteiger partial charge < -0.3 is 5.11 Å². The predicted octanol–water partition coefficient (Wildman–Crippen LogP) is 3.01. The average molecular weight is 377 g/mol. The molecular weight excluding hydrogens is 348 g/mol. The highest BCUT2D eigenvalue weighted by molar-refractivity contribution is 5.77. The Morgan fingerprint density at radius 3 is 2.64 bits per heavy atom. The van der Waals surface area contributed by atoms with Crippen molar-refractivity contribution in [2.24, 2.45) is 0 Å². The van der Waals surface area contributed by atoms with Crippen molar-refractivity contribution >= 4 is 11.0 Å². The highest BCUT2D eigenvalue weighted by Gasteiger charge is 2.27. The molecule has 1 aromatic heterocycles. The Balaban J connectivity index is 1.45. The molecule has 3 aromatic rings. The number of para-hydroxylation sites is 1. The van der Waals surface area contributed by atoms with E-state index in [1.54, 1.807) is 12.4 Å². The second kappa shape index (κ2) is 8.78. The first-order valence-corrected chi connectivity index (χ1v) is 10.0. The van der Waals surface area contributed by atoms with Crippen LogP contribution in [0.25, 0.3) is 11.0 Å². The smallest absolute Gasteiger partial charge is 0.0931 e. The molecule has 5 heteroatoms. The van der Waals surface area contributed by atoms with Crippen LogP contribution in [0.15, 0.2) is 54.9 Å². The van der Waals surface area contributed by atoms with Crippen LogP contribution < -0.4 is 0 Å². The fourth-order valence-corrected chi connectivity index (χ4v) is 4.08. The molecular formula is C23H28N4O. The zero-order chi connectivity index (χ0) is 19.3. The summed E-state index contributed by atoms with van der Waals surface area (Å²) >= 11 is 0. The molecule has 5 nitrogen and oxygen atoms in total. The van der Waals surface area contributed by atoms with Gasteiger partial charge in [-0.25, -0.2) is 0 Å². The third-order valence-electron chi connectivity index (χ3n) is 5.63. The van der Waals surface area contributed by atoms with Gasteiger partial charge in [0.2, 0.25) is 0 Å². The minimum atomic E-state index is 0.225. The monoisotopic (exact) mass is 376 g/mol. The van der Waals surface area contributed by atoms with Crippen LogP contribution in [0, 0.1) is 6.92 Å². The first-order chi connectivity index (χ1) is 13.7. The van der Waals surface area contributed by atoms with Crippen LogP contribution in [0.5, 0.6) is 0 Å². The second-order valence-electron chi connectivity index (χ2n) is 7.70. The number of benzene rings is 2. The van der Waals surface area contributed by atoms with Gasteiger partial charge in [-0.15, -0.1) is 0 Å². The molecule has 0 amide bonds. The molecule has 0 saturated carbocycles. The number of aliphatic hydroxyl groups is 1. The number of rotatable bonds is 6. The molecule has 2 aromatic carbocycles. The van der Waals surface area contributed by atoms with Crippen LogP contribution in [0.4, 0.5) is 0 Å². The van der Waals surface area contributed by atoms with Gasteiger partial charge in [0.15, 0.2) is 0 Å². The SMILES string of the molecule is Cc1ccc(CN2CCN(Cc3cccc4nccnc34)C[C@H]2CCO)cc1. The molecule has 0 unspecified atom stereocenters. The minimum Gasteiger partial charge on any atom is -0.396 e. The topological polar surface area (TPSA) is 52.5 Å². The van der Waals surface area contributed by atoms with Gasteiger partial charge in [-0.2, -0.15) is 0 Å². The molecule has 1 N–H and O–H groups in total. The van der Waals surface area contributed by atoms with Crippen molar-refractivity contribution in [3.05, 3.63) is 71.5 Å². The molecule has 0 bridgehead atoms. The number of fused-ring (bicyclic) bond motifs is 1. The van der Waals surface area contributed by atoms with Gasteiger partial charge in [0.25, 0.3) is 0 Å². The lowest BCUT2D eigenvalue weighted by Crippen LogP contribution is -2.52. The van der Waals surface area contributed by atoms with Gasteiger partial charge in [0.1, 0.15) is 0 Å². The Morgan fingerprint density at radius 1 is 1.00 bits per heavy atom. The maximum Gasteiger partial charge on any atom is 0.0931 e. The highest BCUT2D eigenvalue weighted by Crippen LogP contribution is 2.21. The Morgan fingerprint density at radius 2 is 1.82 bits per heavy atom. The number of nitrogens with zero attached hydrogens (tertiary/aromatic N) is 4. The summed E-state index contributed by atoms with van der Waals surface area (Å²) in [5.41, 5.74) is 5.79. The molecule has 4 rings (SSSR count). The van der Waals surface area contributed by atoms with E-state index in [0.29, 0.717) is 6.04 Å². The Kier molecular flexibility index (Phi) is 5.95. The van der Waals surface area contributed by atoms with Crippen LogP contribution in [0.1, 0.15) is 23.1 Å². The zero-order valence-electron chi connectivity index (χ0n) is 16.5. The fourth-order valence-electron chi connectivity index (χ4n) is 4.08. The van der Waals surface area contributed by atoms with Gasteiger partial charge in [-0.05, 0) is 30.5 Å². The lowest BCUT2D eigenvalue weighted by Gasteiger charge is -2.41. The number of hydrogen-bond acceptors (Lipinski definition) is 5. The predicted molar refractivity (Wildman–Crippen MR) is 112 cm³/mol. The molecule has 1 aliphatic heterocycles. The Hall–Kier alpha value is -2.34. The van der Waals surface area contributed by atoms with Gasteiger partial charge in [-0.1, -0.05) is 42.0 Å². The summed E-state index contributed by atoms with van der Waals surface area (Å²) in [5, 5.41) is 9.59. The normalized spacial score (nSPS) is 18.6. The van der Waals surface area contributed by atoms with E-state index in [0.717, 1.165) is 50.2 Å². The van der Waals surface area contributed by atoms with E-state index in [4.69, 9.17) is 0 Å². The Labute approximate surface area is 166 Å². The number of hydrogen-bond donors (Lipinski definition) is 1. The number of piperazine rings is 1. The lowest BCUT2D eigenvalue weighted by atomic mass is 10.0. The quantitative estimate of drug-likeness (QED) is 0.717. The fraction of sp³-hybridized carbons (Fsp3) is 0.391. The zero-order valence-corrected chi connectivity index (χ0v) is 16.5.